The van der Waals surface area contributed by atoms with Gasteiger partial charge in [0.05, 0.1) is 12.2 Å². The molecule has 0 spiro atoms. The lowest BCUT2D eigenvalue weighted by atomic mass is 9.89. The Kier molecular flexibility index (Phi) is 11.1. The van der Waals surface area contributed by atoms with E-state index in [0.29, 0.717) is 17.6 Å². The molecule has 3 aliphatic heterocycles. The zero-order valence-corrected chi connectivity index (χ0v) is 22.9. The van der Waals surface area contributed by atoms with Gasteiger partial charge in [0.1, 0.15) is 17.5 Å². The molecule has 3 aliphatic rings. The summed E-state index contributed by atoms with van der Waals surface area (Å²) in [4.78, 5) is 18.8. The summed E-state index contributed by atoms with van der Waals surface area (Å²) in [6.07, 6.45) is 6.44. The molecule has 3 heterocycles. The summed E-state index contributed by atoms with van der Waals surface area (Å²) in [5, 5.41) is 11.0. The number of rotatable bonds is 8. The van der Waals surface area contributed by atoms with Crippen LogP contribution in [0.15, 0.2) is 16.8 Å². The Morgan fingerprint density at radius 1 is 1.29 bits per heavy atom. The first-order valence-electron chi connectivity index (χ1n) is 13.6. The fourth-order valence-corrected chi connectivity index (χ4v) is 5.90. The summed E-state index contributed by atoms with van der Waals surface area (Å²) in [5.74, 6) is 2.90. The minimum absolute atomic E-state index is 0.00101. The van der Waals surface area contributed by atoms with Crippen molar-refractivity contribution in [2.75, 3.05) is 52.9 Å². The second-order valence-electron chi connectivity index (χ2n) is 10.2. The molecule has 0 aromatic carbocycles. The first-order chi connectivity index (χ1) is 16.9. The number of hydrogen-bond donors (Lipinski definition) is 4. The molecule has 0 radical (unpaired) electrons. The monoisotopic (exact) mass is 508 g/mol. The normalized spacial score (nSPS) is 30.5. The minimum Gasteiger partial charge on any atom is -0.372 e. The lowest BCUT2D eigenvalue weighted by Gasteiger charge is -2.41. The second-order valence-corrected chi connectivity index (χ2v) is 10.6. The fourth-order valence-electron chi connectivity index (χ4n) is 5.60. The number of nitrogens with one attached hydrogen (secondary N) is 3. The van der Waals surface area contributed by atoms with Crippen molar-refractivity contribution in [3.63, 3.8) is 0 Å². The molecule has 5 unspecified atom stereocenters. The van der Waals surface area contributed by atoms with Crippen LogP contribution >= 0.6 is 11.6 Å². The van der Waals surface area contributed by atoms with Crippen molar-refractivity contribution in [3.05, 3.63) is 16.8 Å². The predicted molar refractivity (Wildman–Crippen MR) is 144 cm³/mol. The number of carbonyl (C=O) groups is 1. The summed E-state index contributed by atoms with van der Waals surface area (Å²) in [6, 6.07) is 0.202. The molecule has 2 fully saturated rings. The van der Waals surface area contributed by atoms with Crippen molar-refractivity contribution in [2.45, 2.75) is 77.2 Å². The molecule has 0 aromatic rings. The zero-order chi connectivity index (χ0) is 25.4. The van der Waals surface area contributed by atoms with E-state index in [1.807, 2.05) is 0 Å². The fraction of sp³-hybridized carbons (Fsp3) is 0.808. The summed E-state index contributed by atoms with van der Waals surface area (Å²) >= 11 is 6.47. The highest BCUT2D eigenvalue weighted by Gasteiger charge is 2.44. The molecule has 9 heteroatoms. The first-order valence-corrected chi connectivity index (χ1v) is 14.0. The number of piperidine rings is 1. The number of nitrogens with two attached hydrogens (primary N) is 1. The van der Waals surface area contributed by atoms with Crippen molar-refractivity contribution in [2.24, 2.45) is 11.7 Å². The van der Waals surface area contributed by atoms with E-state index in [0.717, 1.165) is 77.1 Å². The van der Waals surface area contributed by atoms with Crippen molar-refractivity contribution >= 4 is 23.4 Å². The number of allylic oxidation sites excluding steroid dienone is 2. The number of likely N-dealkylation sites (N-methyl/N-ethyl adjacent to an activating group) is 2. The topological polar surface area (TPSA) is 88.7 Å². The van der Waals surface area contributed by atoms with Crippen molar-refractivity contribution in [1.82, 2.24) is 25.8 Å². The maximum Gasteiger partial charge on any atom is 0.234 e. The molecule has 35 heavy (non-hydrogen) atoms. The van der Waals surface area contributed by atoms with Gasteiger partial charge in [0.25, 0.3) is 0 Å². The summed E-state index contributed by atoms with van der Waals surface area (Å²) in [5.41, 5.74) is 7.66. The molecule has 1 amide bonds. The summed E-state index contributed by atoms with van der Waals surface area (Å²) < 4.78 is 2.06. The molecule has 0 aliphatic carbocycles. The van der Waals surface area contributed by atoms with E-state index in [4.69, 9.17) is 17.3 Å². The maximum absolute atomic E-state index is 13.9. The molecule has 0 bridgehead atoms. The molecule has 5 atom stereocenters. The van der Waals surface area contributed by atoms with Gasteiger partial charge in [-0.2, -0.15) is 4.58 Å². The van der Waals surface area contributed by atoms with Crippen LogP contribution in [0.2, 0.25) is 0 Å². The largest absolute Gasteiger partial charge is 0.372 e. The standard InChI is InChI=1S/C26H46ClN7O/c1-5-9-19(27)18-33(7-3)23-16-20(6-2)30-25(28)24(23)26(35)31-21-17-29-11-10-22(21)34-13-8-12-32(4)14-15-34/h16,21-25,29-30H,5-15,17,28H2,1-4H3/p+1. The zero-order valence-electron chi connectivity index (χ0n) is 22.2. The SMILES string of the molecule is CCCC(Cl)=C=[N+](CC)C1C=C(CC)NC(N)C1C(=O)NC1CNCCC1N1CCCN(C)CC1. The minimum atomic E-state index is -0.470. The first kappa shape index (κ1) is 28.2. The van der Waals surface area contributed by atoms with E-state index in [2.05, 4.69) is 70.1 Å². The van der Waals surface area contributed by atoms with Crippen molar-refractivity contribution < 1.29 is 9.37 Å². The Morgan fingerprint density at radius 3 is 2.80 bits per heavy atom. The van der Waals surface area contributed by atoms with Crippen LogP contribution < -0.4 is 21.7 Å². The highest BCUT2D eigenvalue weighted by atomic mass is 35.5. The van der Waals surface area contributed by atoms with E-state index >= 15 is 0 Å². The van der Waals surface area contributed by atoms with Gasteiger partial charge in [-0.25, -0.2) is 0 Å². The van der Waals surface area contributed by atoms with Crippen LogP contribution in [0.3, 0.4) is 0 Å². The highest BCUT2D eigenvalue weighted by Crippen LogP contribution is 2.23. The van der Waals surface area contributed by atoms with Crippen LogP contribution in [-0.4, -0.2) is 103 Å². The van der Waals surface area contributed by atoms with E-state index in [1.165, 1.54) is 0 Å². The Morgan fingerprint density at radius 2 is 2.09 bits per heavy atom. The molecular formula is C26H47ClN7O+. The van der Waals surface area contributed by atoms with Gasteiger partial charge in [-0.05, 0) is 59.3 Å². The quantitative estimate of drug-likeness (QED) is 0.292. The van der Waals surface area contributed by atoms with Crippen LogP contribution in [-0.2, 0) is 4.79 Å². The van der Waals surface area contributed by atoms with Gasteiger partial charge in [0, 0.05) is 37.4 Å². The molecule has 0 saturated carbocycles. The Bertz CT molecular complexity index is 810. The van der Waals surface area contributed by atoms with Gasteiger partial charge in [-0.15, -0.1) is 0 Å². The molecule has 5 N–H and O–H groups in total. The second kappa shape index (κ2) is 13.8. The third-order valence-corrected chi connectivity index (χ3v) is 7.87. The summed E-state index contributed by atoms with van der Waals surface area (Å²) in [7, 11) is 2.19. The number of hydrogen-bond acceptors (Lipinski definition) is 6. The van der Waals surface area contributed by atoms with Gasteiger partial charge in [0.2, 0.25) is 5.91 Å². The average molecular weight is 509 g/mol. The van der Waals surface area contributed by atoms with Crippen molar-refractivity contribution in [3.8, 4) is 0 Å². The van der Waals surface area contributed by atoms with E-state index in [1.54, 1.807) is 0 Å². The van der Waals surface area contributed by atoms with Gasteiger partial charge < -0.3 is 26.6 Å². The third-order valence-electron chi connectivity index (χ3n) is 7.59. The maximum atomic E-state index is 13.9. The lowest BCUT2D eigenvalue weighted by molar-refractivity contribution is -0.552. The predicted octanol–water partition coefficient (Wildman–Crippen LogP) is 1.26. The Balaban J connectivity index is 1.84. The highest BCUT2D eigenvalue weighted by molar-refractivity contribution is 6.33. The smallest absolute Gasteiger partial charge is 0.234 e. The number of carbonyl (C=O) groups excluding carboxylic acids is 1. The van der Waals surface area contributed by atoms with Crippen LogP contribution in [0.4, 0.5) is 0 Å². The average Bonchev–Trinajstić information content (AvgIpc) is 3.06. The number of halogens is 1. The molecular weight excluding hydrogens is 462 g/mol. The Labute approximate surface area is 217 Å². The van der Waals surface area contributed by atoms with E-state index < -0.39 is 12.1 Å². The van der Waals surface area contributed by atoms with Gasteiger partial charge >= 0.3 is 0 Å². The number of amides is 1. The van der Waals surface area contributed by atoms with E-state index in [-0.39, 0.29) is 18.0 Å². The third kappa shape index (κ3) is 7.54. The molecule has 198 valence electrons. The number of nitrogens with zero attached hydrogens (tertiary/aromatic N) is 3. The van der Waals surface area contributed by atoms with Crippen LogP contribution in [0, 0.1) is 5.92 Å². The summed E-state index contributed by atoms with van der Waals surface area (Å²) in [6.45, 7) is 13.1. The van der Waals surface area contributed by atoms with Gasteiger partial charge in [0.15, 0.2) is 11.9 Å². The molecule has 0 aromatic heterocycles. The molecule has 8 nitrogen and oxygen atoms in total. The van der Waals surface area contributed by atoms with Gasteiger partial charge in [-0.1, -0.05) is 31.9 Å². The van der Waals surface area contributed by atoms with Crippen LogP contribution in [0.1, 0.15) is 52.9 Å². The van der Waals surface area contributed by atoms with E-state index in [9.17, 15) is 4.79 Å². The Hall–Kier alpha value is -1.41. The van der Waals surface area contributed by atoms with Crippen LogP contribution in [0.5, 0.6) is 0 Å². The van der Waals surface area contributed by atoms with Gasteiger partial charge in [-0.3, -0.25) is 9.69 Å². The molecule has 2 saturated heterocycles. The van der Waals surface area contributed by atoms with Crippen molar-refractivity contribution in [1.29, 1.82) is 0 Å². The molecule has 3 rings (SSSR count). The lowest BCUT2D eigenvalue weighted by Crippen LogP contribution is -2.64. The van der Waals surface area contributed by atoms with Crippen LogP contribution in [0.25, 0.3) is 0 Å².